The van der Waals surface area contributed by atoms with E-state index in [0.717, 1.165) is 22.8 Å². The lowest BCUT2D eigenvalue weighted by atomic mass is 10.1. The number of benzene rings is 1. The van der Waals surface area contributed by atoms with Crippen LogP contribution in [0.15, 0.2) is 42.3 Å². The number of hydrogen-bond acceptors (Lipinski definition) is 3. The molecule has 0 amide bonds. The van der Waals surface area contributed by atoms with Crippen LogP contribution in [0.1, 0.15) is 29.2 Å². The summed E-state index contributed by atoms with van der Waals surface area (Å²) in [6.07, 6.45) is 0. The Bertz CT molecular complexity index is 516. The van der Waals surface area contributed by atoms with Gasteiger partial charge in [-0.2, -0.15) is 0 Å². The Kier molecular flexibility index (Phi) is 4.28. The summed E-state index contributed by atoms with van der Waals surface area (Å²) in [7, 11) is 0. The van der Waals surface area contributed by atoms with Gasteiger partial charge in [0.1, 0.15) is 5.01 Å². The maximum Gasteiger partial charge on any atom is 0.110 e. The van der Waals surface area contributed by atoms with Crippen LogP contribution in [0.5, 0.6) is 0 Å². The van der Waals surface area contributed by atoms with E-state index >= 15 is 0 Å². The first-order valence-electron chi connectivity index (χ1n) is 6.05. The van der Waals surface area contributed by atoms with E-state index in [1.54, 1.807) is 11.3 Å². The second kappa shape index (κ2) is 5.94. The highest BCUT2D eigenvalue weighted by molar-refractivity contribution is 7.09. The van der Waals surface area contributed by atoms with Crippen molar-refractivity contribution in [2.75, 3.05) is 6.54 Å². The van der Waals surface area contributed by atoms with Crippen molar-refractivity contribution in [2.24, 2.45) is 0 Å². The molecule has 2 nitrogen and oxygen atoms in total. The van der Waals surface area contributed by atoms with Crippen LogP contribution >= 0.6 is 11.3 Å². The molecule has 94 valence electrons. The van der Waals surface area contributed by atoms with Crippen molar-refractivity contribution >= 4 is 16.9 Å². The minimum Gasteiger partial charge on any atom is -0.304 e. The number of nitrogens with one attached hydrogen (secondary N) is 1. The van der Waals surface area contributed by atoms with Crippen molar-refractivity contribution in [2.45, 2.75) is 19.9 Å². The summed E-state index contributed by atoms with van der Waals surface area (Å²) in [6, 6.07) is 10.5. The molecule has 1 N–H and O–H groups in total. The molecule has 2 aromatic rings. The van der Waals surface area contributed by atoms with Crippen molar-refractivity contribution in [1.82, 2.24) is 10.3 Å². The number of aromatic nitrogens is 1. The molecule has 1 atom stereocenters. The minimum absolute atomic E-state index is 0.268. The molecule has 3 heteroatoms. The fourth-order valence-electron chi connectivity index (χ4n) is 1.71. The molecule has 0 aliphatic carbocycles. The van der Waals surface area contributed by atoms with Crippen LogP contribution in [-0.2, 0) is 0 Å². The minimum atomic E-state index is 0.268. The van der Waals surface area contributed by atoms with E-state index in [0.29, 0.717) is 0 Å². The average molecular weight is 258 g/mol. The van der Waals surface area contributed by atoms with Gasteiger partial charge >= 0.3 is 0 Å². The molecule has 1 unspecified atom stereocenters. The molecule has 0 fully saturated rings. The zero-order valence-electron chi connectivity index (χ0n) is 10.8. The molecule has 0 saturated heterocycles. The zero-order valence-corrected chi connectivity index (χ0v) is 11.6. The molecule has 0 saturated carbocycles. The predicted molar refractivity (Wildman–Crippen MR) is 78.7 cm³/mol. The molecular weight excluding hydrogens is 240 g/mol. The monoisotopic (exact) mass is 258 g/mol. The molecule has 0 aliphatic rings. The number of hydrogen-bond donors (Lipinski definition) is 1. The molecule has 1 aromatic carbocycles. The van der Waals surface area contributed by atoms with Gasteiger partial charge in [-0.25, -0.2) is 4.98 Å². The van der Waals surface area contributed by atoms with Gasteiger partial charge in [0.05, 0.1) is 6.04 Å². The lowest BCUT2D eigenvalue weighted by Gasteiger charge is -2.12. The molecule has 0 bridgehead atoms. The molecule has 2 rings (SSSR count). The van der Waals surface area contributed by atoms with Crippen LogP contribution in [0, 0.1) is 6.92 Å². The fourth-order valence-corrected chi connectivity index (χ4v) is 2.54. The van der Waals surface area contributed by atoms with E-state index in [9.17, 15) is 0 Å². The zero-order chi connectivity index (χ0) is 13.0. The Morgan fingerprint density at radius 1 is 1.39 bits per heavy atom. The molecule has 1 aromatic heterocycles. The maximum atomic E-state index is 4.49. The Hall–Kier alpha value is -1.45. The highest BCUT2D eigenvalue weighted by Crippen LogP contribution is 2.18. The van der Waals surface area contributed by atoms with E-state index in [-0.39, 0.29) is 6.04 Å². The van der Waals surface area contributed by atoms with Crippen LogP contribution in [0.3, 0.4) is 0 Å². The third kappa shape index (κ3) is 3.28. The van der Waals surface area contributed by atoms with Gasteiger partial charge in [-0.1, -0.05) is 36.9 Å². The van der Waals surface area contributed by atoms with Gasteiger partial charge in [0, 0.05) is 17.6 Å². The average Bonchev–Trinajstić information content (AvgIpc) is 2.83. The molecule has 0 radical (unpaired) electrons. The molecule has 18 heavy (non-hydrogen) atoms. The number of rotatable bonds is 5. The highest BCUT2D eigenvalue weighted by atomic mass is 32.1. The number of aryl methyl sites for hydroxylation is 1. The van der Waals surface area contributed by atoms with Crippen molar-refractivity contribution in [3.63, 3.8) is 0 Å². The predicted octanol–water partition coefficient (Wildman–Crippen LogP) is 3.82. The molecule has 1 heterocycles. The van der Waals surface area contributed by atoms with Gasteiger partial charge < -0.3 is 5.32 Å². The standard InChI is InChI=1S/C15H18N2S/c1-11(14-7-5-4-6-8-14)9-16-13(3)15-17-12(2)10-18-15/h4-8,10,13,16H,1,9H2,2-3H3. The summed E-state index contributed by atoms with van der Waals surface area (Å²) in [5.74, 6) is 0. The molecular formula is C15H18N2S. The van der Waals surface area contributed by atoms with Crippen LogP contribution in [0.25, 0.3) is 5.57 Å². The third-order valence-electron chi connectivity index (χ3n) is 2.81. The number of thiazole rings is 1. The van der Waals surface area contributed by atoms with E-state index in [1.807, 2.05) is 25.1 Å². The summed E-state index contributed by atoms with van der Waals surface area (Å²) in [5.41, 5.74) is 3.38. The van der Waals surface area contributed by atoms with Crippen LogP contribution in [0.2, 0.25) is 0 Å². The second-order valence-corrected chi connectivity index (χ2v) is 5.29. The Labute approximate surface area is 112 Å². The SMILES string of the molecule is C=C(CNC(C)c1nc(C)cs1)c1ccccc1. The molecule has 0 spiro atoms. The largest absolute Gasteiger partial charge is 0.304 e. The first-order valence-corrected chi connectivity index (χ1v) is 6.93. The summed E-state index contributed by atoms with van der Waals surface area (Å²) >= 11 is 1.70. The van der Waals surface area contributed by atoms with Crippen LogP contribution < -0.4 is 5.32 Å². The van der Waals surface area contributed by atoms with Gasteiger partial charge in [-0.05, 0) is 25.0 Å². The Morgan fingerprint density at radius 2 is 2.11 bits per heavy atom. The first kappa shape index (κ1) is 13.0. The Balaban J connectivity index is 1.90. The summed E-state index contributed by atoms with van der Waals surface area (Å²) < 4.78 is 0. The van der Waals surface area contributed by atoms with Crippen LogP contribution in [0.4, 0.5) is 0 Å². The van der Waals surface area contributed by atoms with Crippen molar-refractivity contribution < 1.29 is 0 Å². The van der Waals surface area contributed by atoms with Crippen molar-refractivity contribution in [3.05, 3.63) is 58.6 Å². The lowest BCUT2D eigenvalue weighted by Crippen LogP contribution is -2.20. The summed E-state index contributed by atoms with van der Waals surface area (Å²) in [4.78, 5) is 4.49. The lowest BCUT2D eigenvalue weighted by molar-refractivity contribution is 0.617. The van der Waals surface area contributed by atoms with E-state index in [2.05, 4.69) is 41.3 Å². The topological polar surface area (TPSA) is 24.9 Å². The quantitative estimate of drug-likeness (QED) is 0.882. The van der Waals surface area contributed by atoms with Gasteiger partial charge in [-0.3, -0.25) is 0 Å². The van der Waals surface area contributed by atoms with Gasteiger partial charge in [0.2, 0.25) is 0 Å². The van der Waals surface area contributed by atoms with E-state index in [4.69, 9.17) is 0 Å². The van der Waals surface area contributed by atoms with Crippen molar-refractivity contribution in [3.8, 4) is 0 Å². The smallest absolute Gasteiger partial charge is 0.110 e. The van der Waals surface area contributed by atoms with Crippen LogP contribution in [-0.4, -0.2) is 11.5 Å². The number of nitrogens with zero attached hydrogens (tertiary/aromatic N) is 1. The third-order valence-corrected chi connectivity index (χ3v) is 3.96. The normalized spacial score (nSPS) is 12.3. The summed E-state index contributed by atoms with van der Waals surface area (Å²) in [5, 5.41) is 6.67. The van der Waals surface area contributed by atoms with Gasteiger partial charge in [0.15, 0.2) is 0 Å². The van der Waals surface area contributed by atoms with E-state index < -0.39 is 0 Å². The second-order valence-electron chi connectivity index (χ2n) is 4.40. The maximum absolute atomic E-state index is 4.49. The summed E-state index contributed by atoms with van der Waals surface area (Å²) in [6.45, 7) is 9.06. The van der Waals surface area contributed by atoms with E-state index in [1.165, 1.54) is 5.56 Å². The Morgan fingerprint density at radius 3 is 2.72 bits per heavy atom. The fraction of sp³-hybridized carbons (Fsp3) is 0.267. The van der Waals surface area contributed by atoms with Gasteiger partial charge in [-0.15, -0.1) is 11.3 Å². The van der Waals surface area contributed by atoms with Crippen molar-refractivity contribution in [1.29, 1.82) is 0 Å². The van der Waals surface area contributed by atoms with Gasteiger partial charge in [0.25, 0.3) is 0 Å². The first-order chi connectivity index (χ1) is 8.66. The highest BCUT2D eigenvalue weighted by Gasteiger charge is 2.09. The molecule has 0 aliphatic heterocycles.